The van der Waals surface area contributed by atoms with Crippen LogP contribution in [0.4, 0.5) is 0 Å². The molecule has 0 saturated heterocycles. The number of benzene rings is 2. The number of nitrogens with one attached hydrogen (secondary N) is 1. The third kappa shape index (κ3) is 3.23. The fourth-order valence-electron chi connectivity index (χ4n) is 2.56. The highest BCUT2D eigenvalue weighted by Gasteiger charge is 2.22. The van der Waals surface area contributed by atoms with Gasteiger partial charge in [0.25, 0.3) is 0 Å². The minimum atomic E-state index is -3.55. The molecule has 2 aromatic rings. The molecule has 1 unspecified atom stereocenters. The van der Waals surface area contributed by atoms with E-state index in [1.54, 1.807) is 6.07 Å². The van der Waals surface area contributed by atoms with Crippen LogP contribution < -0.4 is 4.72 Å². The lowest BCUT2D eigenvalue weighted by atomic mass is 10.00. The molecule has 3 nitrogen and oxygen atoms in total. The van der Waals surface area contributed by atoms with E-state index in [1.165, 1.54) is 0 Å². The molecule has 0 fully saturated rings. The van der Waals surface area contributed by atoms with Crippen LogP contribution in [0.2, 0.25) is 0 Å². The van der Waals surface area contributed by atoms with E-state index in [4.69, 9.17) is 0 Å². The number of sulfonamides is 1. The Kier molecular flexibility index (Phi) is 4.73. The highest BCUT2D eigenvalue weighted by molar-refractivity contribution is 7.89. The number of aryl methyl sites for hydroxylation is 1. The fourth-order valence-corrected chi connectivity index (χ4v) is 4.18. The quantitative estimate of drug-likeness (QED) is 0.928. The standard InChI is InChI=1S/C18H23NO2S/c1-12-11-18(15(4)14(3)13(12)2)22(20,21)19-16(5)17-9-7-6-8-10-17/h6-11,16,19H,1-5H3. The molecular formula is C18H23NO2S. The van der Waals surface area contributed by atoms with Gasteiger partial charge in [-0.1, -0.05) is 30.3 Å². The smallest absolute Gasteiger partial charge is 0.207 e. The van der Waals surface area contributed by atoms with Crippen molar-refractivity contribution in [2.75, 3.05) is 0 Å². The molecule has 0 heterocycles. The van der Waals surface area contributed by atoms with Crippen molar-refractivity contribution in [1.29, 1.82) is 0 Å². The van der Waals surface area contributed by atoms with Crippen molar-refractivity contribution in [3.63, 3.8) is 0 Å². The molecule has 2 aromatic carbocycles. The van der Waals surface area contributed by atoms with E-state index in [-0.39, 0.29) is 6.04 Å². The summed E-state index contributed by atoms with van der Waals surface area (Å²) in [5.41, 5.74) is 4.94. The summed E-state index contributed by atoms with van der Waals surface area (Å²) in [5, 5.41) is 0. The van der Waals surface area contributed by atoms with Crippen LogP contribution in [-0.4, -0.2) is 8.42 Å². The first kappa shape index (κ1) is 16.7. The van der Waals surface area contributed by atoms with E-state index >= 15 is 0 Å². The Morgan fingerprint density at radius 3 is 2.09 bits per heavy atom. The summed E-state index contributed by atoms with van der Waals surface area (Å²) in [5.74, 6) is 0. The maximum atomic E-state index is 12.7. The van der Waals surface area contributed by atoms with Crippen LogP contribution in [0.3, 0.4) is 0 Å². The topological polar surface area (TPSA) is 46.2 Å². The molecule has 22 heavy (non-hydrogen) atoms. The Hall–Kier alpha value is -1.65. The Labute approximate surface area is 133 Å². The molecule has 0 radical (unpaired) electrons. The fraction of sp³-hybridized carbons (Fsp3) is 0.333. The summed E-state index contributed by atoms with van der Waals surface area (Å²) in [7, 11) is -3.55. The molecule has 0 aliphatic rings. The molecule has 2 rings (SSSR count). The van der Waals surface area contributed by atoms with Crippen LogP contribution in [0, 0.1) is 27.7 Å². The molecular weight excluding hydrogens is 294 g/mol. The van der Waals surface area contributed by atoms with Crippen LogP contribution in [-0.2, 0) is 10.0 Å². The normalized spacial score (nSPS) is 13.1. The summed E-state index contributed by atoms with van der Waals surface area (Å²) in [4.78, 5) is 0.371. The SMILES string of the molecule is Cc1cc(S(=O)(=O)NC(C)c2ccccc2)c(C)c(C)c1C. The largest absolute Gasteiger partial charge is 0.241 e. The van der Waals surface area contributed by atoms with Gasteiger partial charge in [0.1, 0.15) is 0 Å². The molecule has 0 amide bonds. The Bertz CT molecular complexity index is 780. The zero-order chi connectivity index (χ0) is 16.5. The maximum Gasteiger partial charge on any atom is 0.241 e. The molecule has 0 aliphatic carbocycles. The molecule has 0 bridgehead atoms. The van der Waals surface area contributed by atoms with Gasteiger partial charge in [-0.2, -0.15) is 0 Å². The second-order valence-corrected chi connectivity index (χ2v) is 7.50. The lowest BCUT2D eigenvalue weighted by molar-refractivity contribution is 0.566. The first-order valence-corrected chi connectivity index (χ1v) is 8.87. The third-order valence-electron chi connectivity index (χ3n) is 4.35. The van der Waals surface area contributed by atoms with Gasteiger partial charge in [0, 0.05) is 6.04 Å². The molecule has 0 aromatic heterocycles. The zero-order valence-electron chi connectivity index (χ0n) is 13.8. The highest BCUT2D eigenvalue weighted by atomic mass is 32.2. The minimum absolute atomic E-state index is 0.271. The second-order valence-electron chi connectivity index (χ2n) is 5.82. The summed E-state index contributed by atoms with van der Waals surface area (Å²) in [6.07, 6.45) is 0. The van der Waals surface area contributed by atoms with Crippen molar-refractivity contribution in [2.24, 2.45) is 0 Å². The van der Waals surface area contributed by atoms with Crippen molar-refractivity contribution in [3.8, 4) is 0 Å². The lowest BCUT2D eigenvalue weighted by Crippen LogP contribution is -2.27. The predicted octanol–water partition coefficient (Wildman–Crippen LogP) is 3.96. The second kappa shape index (κ2) is 6.23. The molecule has 0 saturated carbocycles. The molecule has 1 atom stereocenters. The van der Waals surface area contributed by atoms with Crippen LogP contribution in [0.1, 0.15) is 40.8 Å². The zero-order valence-corrected chi connectivity index (χ0v) is 14.6. The van der Waals surface area contributed by atoms with Crippen LogP contribution in [0.25, 0.3) is 0 Å². The molecule has 118 valence electrons. The van der Waals surface area contributed by atoms with E-state index in [1.807, 2.05) is 65.0 Å². The number of hydrogen-bond donors (Lipinski definition) is 1. The summed E-state index contributed by atoms with van der Waals surface area (Å²) in [6, 6.07) is 11.1. The van der Waals surface area contributed by atoms with Crippen molar-refractivity contribution in [1.82, 2.24) is 4.72 Å². The van der Waals surface area contributed by atoms with Crippen molar-refractivity contribution >= 4 is 10.0 Å². The molecule has 0 spiro atoms. The summed E-state index contributed by atoms with van der Waals surface area (Å²) < 4.78 is 28.3. The van der Waals surface area contributed by atoms with E-state index in [9.17, 15) is 8.42 Å². The molecule has 4 heteroatoms. The van der Waals surface area contributed by atoms with Crippen molar-refractivity contribution in [2.45, 2.75) is 45.6 Å². The highest BCUT2D eigenvalue weighted by Crippen LogP contribution is 2.26. The Balaban J connectivity index is 2.40. The van der Waals surface area contributed by atoms with E-state index in [0.29, 0.717) is 4.90 Å². The Morgan fingerprint density at radius 2 is 1.50 bits per heavy atom. The van der Waals surface area contributed by atoms with Crippen LogP contribution in [0.5, 0.6) is 0 Å². The number of hydrogen-bond acceptors (Lipinski definition) is 2. The van der Waals surface area contributed by atoms with Gasteiger partial charge < -0.3 is 0 Å². The first-order chi connectivity index (χ1) is 10.2. The Morgan fingerprint density at radius 1 is 0.909 bits per heavy atom. The van der Waals surface area contributed by atoms with Crippen LogP contribution in [0.15, 0.2) is 41.3 Å². The van der Waals surface area contributed by atoms with E-state index < -0.39 is 10.0 Å². The van der Waals surface area contributed by atoms with Gasteiger partial charge in [-0.3, -0.25) is 0 Å². The van der Waals surface area contributed by atoms with Gasteiger partial charge in [-0.25, -0.2) is 13.1 Å². The molecule has 1 N–H and O–H groups in total. The average molecular weight is 317 g/mol. The average Bonchev–Trinajstić information content (AvgIpc) is 2.49. The van der Waals surface area contributed by atoms with E-state index in [2.05, 4.69) is 4.72 Å². The lowest BCUT2D eigenvalue weighted by Gasteiger charge is -2.18. The number of rotatable bonds is 4. The van der Waals surface area contributed by atoms with Gasteiger partial charge in [-0.05, 0) is 68.5 Å². The van der Waals surface area contributed by atoms with Crippen molar-refractivity contribution in [3.05, 3.63) is 64.2 Å². The van der Waals surface area contributed by atoms with Crippen LogP contribution >= 0.6 is 0 Å². The minimum Gasteiger partial charge on any atom is -0.207 e. The maximum absolute atomic E-state index is 12.7. The van der Waals surface area contributed by atoms with Gasteiger partial charge in [0.15, 0.2) is 0 Å². The third-order valence-corrected chi connectivity index (χ3v) is 6.02. The predicted molar refractivity (Wildman–Crippen MR) is 90.6 cm³/mol. The monoisotopic (exact) mass is 317 g/mol. The summed E-state index contributed by atoms with van der Waals surface area (Å²) >= 11 is 0. The first-order valence-electron chi connectivity index (χ1n) is 7.38. The molecule has 0 aliphatic heterocycles. The van der Waals surface area contributed by atoms with Gasteiger partial charge in [0.05, 0.1) is 4.90 Å². The van der Waals surface area contributed by atoms with E-state index in [0.717, 1.165) is 27.8 Å². The van der Waals surface area contributed by atoms with Gasteiger partial charge in [0.2, 0.25) is 10.0 Å². The summed E-state index contributed by atoms with van der Waals surface area (Å²) in [6.45, 7) is 9.66. The van der Waals surface area contributed by atoms with Gasteiger partial charge in [-0.15, -0.1) is 0 Å². The van der Waals surface area contributed by atoms with Crippen molar-refractivity contribution < 1.29 is 8.42 Å². The van der Waals surface area contributed by atoms with Gasteiger partial charge >= 0.3 is 0 Å².